The quantitative estimate of drug-likeness (QED) is 0.379. The molecule has 1 N–H and O–H groups in total. The fourth-order valence-electron chi connectivity index (χ4n) is 2.30. The van der Waals surface area contributed by atoms with E-state index in [1.54, 1.807) is 29.7 Å². The van der Waals surface area contributed by atoms with Crippen molar-refractivity contribution in [3.05, 3.63) is 61.6 Å². The van der Waals surface area contributed by atoms with Gasteiger partial charge in [-0.1, -0.05) is 22.9 Å². The van der Waals surface area contributed by atoms with Gasteiger partial charge in [-0.2, -0.15) is 0 Å². The Hall–Kier alpha value is -2.29. The molecule has 122 valence electrons. The highest BCUT2D eigenvalue weighted by Gasteiger charge is 2.33. The summed E-state index contributed by atoms with van der Waals surface area (Å²) in [6.45, 7) is 1.83. The van der Waals surface area contributed by atoms with Crippen molar-refractivity contribution in [3.8, 4) is 0 Å². The zero-order valence-electron chi connectivity index (χ0n) is 12.3. The minimum absolute atomic E-state index is 0.0141. The molecular weight excluding hydrogens is 370 g/mol. The number of nitrogens with zero attached hydrogens (tertiary/aromatic N) is 2. The van der Waals surface area contributed by atoms with Crippen LogP contribution in [0.25, 0.3) is 6.08 Å². The second-order valence-corrected chi connectivity index (χ2v) is 6.75. The van der Waals surface area contributed by atoms with Gasteiger partial charge in [-0.25, -0.2) is 0 Å². The average Bonchev–Trinajstić information content (AvgIpc) is 3.07. The third-order valence-electron chi connectivity index (χ3n) is 3.37. The first-order valence-corrected chi connectivity index (χ1v) is 8.39. The Morgan fingerprint density at radius 3 is 2.79 bits per heavy atom. The summed E-state index contributed by atoms with van der Waals surface area (Å²) in [7, 11) is 0. The first-order chi connectivity index (χ1) is 11.4. The van der Waals surface area contributed by atoms with E-state index in [-0.39, 0.29) is 21.7 Å². The standard InChI is InChI=1S/C15H10ClN3O3S2/c1-8-4-10(16)2-3-12(8)18-14(20)11(17-15(18)23)5-9-6-13(19(21)22)24-7-9/h2-7H,1H3,(H,17,23). The smallest absolute Gasteiger partial charge is 0.324 e. The third-order valence-corrected chi connectivity index (χ3v) is 4.79. The van der Waals surface area contributed by atoms with Gasteiger partial charge >= 0.3 is 5.00 Å². The Labute approximate surface area is 151 Å². The topological polar surface area (TPSA) is 75.5 Å². The monoisotopic (exact) mass is 379 g/mol. The summed E-state index contributed by atoms with van der Waals surface area (Å²) < 4.78 is 0. The van der Waals surface area contributed by atoms with Crippen LogP contribution in [0.5, 0.6) is 0 Å². The van der Waals surface area contributed by atoms with Crippen LogP contribution < -0.4 is 10.2 Å². The predicted octanol–water partition coefficient (Wildman–Crippen LogP) is 3.88. The van der Waals surface area contributed by atoms with Crippen LogP contribution in [-0.4, -0.2) is 15.9 Å². The van der Waals surface area contributed by atoms with E-state index in [1.807, 2.05) is 6.92 Å². The molecule has 0 saturated carbocycles. The number of hydrogen-bond donors (Lipinski definition) is 1. The molecule has 1 aromatic carbocycles. The van der Waals surface area contributed by atoms with Gasteiger partial charge in [0.1, 0.15) is 5.70 Å². The number of rotatable bonds is 3. The summed E-state index contributed by atoms with van der Waals surface area (Å²) in [4.78, 5) is 24.3. The van der Waals surface area contributed by atoms with Gasteiger partial charge in [0.15, 0.2) is 5.11 Å². The van der Waals surface area contributed by atoms with Crippen LogP contribution in [0, 0.1) is 17.0 Å². The minimum Gasteiger partial charge on any atom is -0.327 e. The summed E-state index contributed by atoms with van der Waals surface area (Å²) in [6.07, 6.45) is 1.55. The van der Waals surface area contributed by atoms with Crippen molar-refractivity contribution in [1.82, 2.24) is 5.32 Å². The number of thiocarbonyl (C=S) groups is 1. The molecule has 1 amide bonds. The molecule has 1 aliphatic heterocycles. The molecule has 1 fully saturated rings. The Bertz CT molecular complexity index is 907. The Balaban J connectivity index is 1.93. The van der Waals surface area contributed by atoms with Crippen LogP contribution in [0.4, 0.5) is 10.7 Å². The molecule has 2 heterocycles. The van der Waals surface area contributed by atoms with E-state index in [4.69, 9.17) is 23.8 Å². The predicted molar refractivity (Wildman–Crippen MR) is 98.4 cm³/mol. The fourth-order valence-corrected chi connectivity index (χ4v) is 3.50. The molecule has 9 heteroatoms. The molecule has 0 spiro atoms. The lowest BCUT2D eigenvalue weighted by Crippen LogP contribution is -2.30. The summed E-state index contributed by atoms with van der Waals surface area (Å²) in [5.74, 6) is -0.320. The Kier molecular flexibility index (Phi) is 4.35. The molecule has 0 atom stereocenters. The highest BCUT2D eigenvalue weighted by atomic mass is 35.5. The molecule has 0 bridgehead atoms. The SMILES string of the molecule is Cc1cc(Cl)ccc1N1C(=O)C(=Cc2csc([N+](=O)[O-])c2)NC1=S. The lowest BCUT2D eigenvalue weighted by Gasteiger charge is -2.16. The molecule has 1 aliphatic rings. The number of amides is 1. The number of carbonyl (C=O) groups excluding carboxylic acids is 1. The van der Waals surface area contributed by atoms with Crippen molar-refractivity contribution in [1.29, 1.82) is 0 Å². The van der Waals surface area contributed by atoms with Crippen molar-refractivity contribution in [2.45, 2.75) is 6.92 Å². The molecule has 1 saturated heterocycles. The molecule has 0 radical (unpaired) electrons. The van der Waals surface area contributed by atoms with Crippen molar-refractivity contribution < 1.29 is 9.72 Å². The van der Waals surface area contributed by atoms with Gasteiger partial charge in [-0.15, -0.1) is 0 Å². The van der Waals surface area contributed by atoms with Crippen LogP contribution in [0.2, 0.25) is 5.02 Å². The molecule has 24 heavy (non-hydrogen) atoms. The maximum absolute atomic E-state index is 12.6. The van der Waals surface area contributed by atoms with Gasteiger partial charge in [-0.3, -0.25) is 19.8 Å². The Morgan fingerprint density at radius 2 is 2.17 bits per heavy atom. The summed E-state index contributed by atoms with van der Waals surface area (Å²) >= 11 is 12.2. The first-order valence-electron chi connectivity index (χ1n) is 6.73. The highest BCUT2D eigenvalue weighted by molar-refractivity contribution is 7.80. The third kappa shape index (κ3) is 3.03. The van der Waals surface area contributed by atoms with Crippen molar-refractivity contribution >= 4 is 62.9 Å². The molecule has 0 aliphatic carbocycles. The lowest BCUT2D eigenvalue weighted by atomic mass is 10.2. The van der Waals surface area contributed by atoms with Crippen LogP contribution in [0.3, 0.4) is 0 Å². The van der Waals surface area contributed by atoms with Crippen LogP contribution in [-0.2, 0) is 4.79 Å². The maximum atomic E-state index is 12.6. The van der Waals surface area contributed by atoms with Crippen LogP contribution in [0.1, 0.15) is 11.1 Å². The number of benzene rings is 1. The maximum Gasteiger partial charge on any atom is 0.324 e. The number of thiophene rings is 1. The van der Waals surface area contributed by atoms with Gasteiger partial charge in [-0.05, 0) is 54.5 Å². The number of carbonyl (C=O) groups is 1. The van der Waals surface area contributed by atoms with Gasteiger partial charge in [0.25, 0.3) is 5.91 Å². The number of anilines is 1. The van der Waals surface area contributed by atoms with Crippen molar-refractivity contribution in [3.63, 3.8) is 0 Å². The highest BCUT2D eigenvalue weighted by Crippen LogP contribution is 2.29. The normalized spacial score (nSPS) is 15.9. The molecular formula is C15H10ClN3O3S2. The number of halogens is 1. The zero-order chi connectivity index (χ0) is 17.4. The average molecular weight is 380 g/mol. The van der Waals surface area contributed by atoms with Crippen LogP contribution >= 0.6 is 35.2 Å². The van der Waals surface area contributed by atoms with E-state index in [0.717, 1.165) is 16.9 Å². The van der Waals surface area contributed by atoms with Gasteiger partial charge < -0.3 is 5.32 Å². The van der Waals surface area contributed by atoms with Gasteiger partial charge in [0, 0.05) is 16.5 Å². The van der Waals surface area contributed by atoms with Crippen molar-refractivity contribution in [2.75, 3.05) is 4.90 Å². The number of nitro groups is 1. The van der Waals surface area contributed by atoms with E-state index >= 15 is 0 Å². The van der Waals surface area contributed by atoms with Crippen molar-refractivity contribution in [2.24, 2.45) is 0 Å². The first kappa shape index (κ1) is 16.6. The zero-order valence-corrected chi connectivity index (χ0v) is 14.7. The minimum atomic E-state index is -0.468. The van der Waals surface area contributed by atoms with E-state index in [9.17, 15) is 14.9 Å². The molecule has 1 aromatic heterocycles. The molecule has 0 unspecified atom stereocenters. The van der Waals surface area contributed by atoms with Crippen LogP contribution in [0.15, 0.2) is 35.3 Å². The largest absolute Gasteiger partial charge is 0.327 e. The van der Waals surface area contributed by atoms with E-state index in [2.05, 4.69) is 5.32 Å². The second-order valence-electron chi connectivity index (χ2n) is 5.03. The fraction of sp³-hybridized carbons (Fsp3) is 0.0667. The summed E-state index contributed by atoms with van der Waals surface area (Å²) in [5.41, 5.74) is 2.29. The van der Waals surface area contributed by atoms with Gasteiger partial charge in [0.2, 0.25) is 0 Å². The number of nitrogens with one attached hydrogen (secondary N) is 1. The Morgan fingerprint density at radius 1 is 1.42 bits per heavy atom. The number of aryl methyl sites for hydroxylation is 1. The van der Waals surface area contributed by atoms with E-state index in [0.29, 0.717) is 16.3 Å². The molecule has 6 nitrogen and oxygen atoms in total. The lowest BCUT2D eigenvalue weighted by molar-refractivity contribution is -0.380. The van der Waals surface area contributed by atoms with E-state index in [1.165, 1.54) is 11.0 Å². The number of hydrogen-bond acceptors (Lipinski definition) is 5. The molecule has 3 rings (SSSR count). The summed E-state index contributed by atoms with van der Waals surface area (Å²) in [6, 6.07) is 6.56. The molecule has 2 aromatic rings. The van der Waals surface area contributed by atoms with E-state index < -0.39 is 4.92 Å². The van der Waals surface area contributed by atoms with Gasteiger partial charge in [0.05, 0.1) is 10.6 Å². The summed E-state index contributed by atoms with van der Waals surface area (Å²) in [5, 5.41) is 16.0. The second kappa shape index (κ2) is 6.31.